The Morgan fingerprint density at radius 3 is 2.45 bits per heavy atom. The molecule has 1 fully saturated rings. The first-order chi connectivity index (χ1) is 13.9. The monoisotopic (exact) mass is 408 g/mol. The van der Waals surface area contributed by atoms with Gasteiger partial charge in [0.2, 0.25) is 0 Å². The summed E-state index contributed by atoms with van der Waals surface area (Å²) in [6, 6.07) is 13.7. The van der Waals surface area contributed by atoms with Crippen molar-refractivity contribution in [1.29, 1.82) is 5.26 Å². The lowest BCUT2D eigenvalue weighted by atomic mass is 10.1. The van der Waals surface area contributed by atoms with Crippen LogP contribution in [-0.4, -0.2) is 37.0 Å². The molecule has 3 rings (SSSR count). The number of carbonyl (C=O) groups is 1. The first-order valence-electron chi connectivity index (χ1n) is 9.64. The highest BCUT2D eigenvalue weighted by Gasteiger charge is 2.19. The lowest BCUT2D eigenvalue weighted by Crippen LogP contribution is -2.44. The lowest BCUT2D eigenvalue weighted by Gasteiger charge is -2.36. The minimum Gasteiger partial charge on any atom is -0.373 e. The molecule has 0 bridgehead atoms. The Labute approximate surface area is 177 Å². The van der Waals surface area contributed by atoms with Gasteiger partial charge in [0, 0.05) is 48.8 Å². The van der Waals surface area contributed by atoms with E-state index in [1.807, 2.05) is 17.9 Å². The fourth-order valence-corrected chi connectivity index (χ4v) is 3.60. The molecule has 0 atom stereocenters. The molecule has 1 aliphatic rings. The van der Waals surface area contributed by atoms with Crippen molar-refractivity contribution in [3.05, 3.63) is 69.9 Å². The van der Waals surface area contributed by atoms with Gasteiger partial charge in [0.1, 0.15) is 11.6 Å². The number of piperazine rings is 1. The van der Waals surface area contributed by atoms with Gasteiger partial charge in [-0.25, -0.2) is 0 Å². The van der Waals surface area contributed by atoms with E-state index in [0.717, 1.165) is 31.7 Å². The van der Waals surface area contributed by atoms with Gasteiger partial charge in [-0.05, 0) is 55.7 Å². The van der Waals surface area contributed by atoms with E-state index in [4.69, 9.17) is 11.6 Å². The minimum atomic E-state index is -0.421. The molecule has 1 amide bonds. The molecule has 1 aliphatic heterocycles. The average molecular weight is 409 g/mol. The van der Waals surface area contributed by atoms with Gasteiger partial charge in [-0.2, -0.15) is 5.26 Å². The Morgan fingerprint density at radius 1 is 1.07 bits per heavy atom. The molecular weight excluding hydrogens is 384 g/mol. The summed E-state index contributed by atoms with van der Waals surface area (Å²) in [7, 11) is 0. The van der Waals surface area contributed by atoms with E-state index in [-0.39, 0.29) is 5.57 Å². The summed E-state index contributed by atoms with van der Waals surface area (Å²) in [5, 5.41) is 12.8. The van der Waals surface area contributed by atoms with E-state index in [1.165, 1.54) is 16.8 Å². The minimum absolute atomic E-state index is 0.0876. The molecule has 0 unspecified atom stereocenters. The SMILES string of the molecule is Cc1cccc(N2CCN(/C=C(/C#N)C(=O)Nc3cccc(Cl)c3C)CC2)c1C. The number of nitrogens with zero attached hydrogens (tertiary/aromatic N) is 3. The summed E-state index contributed by atoms with van der Waals surface area (Å²) < 4.78 is 0. The largest absolute Gasteiger partial charge is 0.373 e. The summed E-state index contributed by atoms with van der Waals surface area (Å²) >= 11 is 6.11. The molecule has 5 nitrogen and oxygen atoms in total. The van der Waals surface area contributed by atoms with E-state index in [1.54, 1.807) is 24.4 Å². The molecule has 0 aromatic heterocycles. The highest BCUT2D eigenvalue weighted by atomic mass is 35.5. The molecule has 0 spiro atoms. The zero-order chi connectivity index (χ0) is 21.0. The van der Waals surface area contributed by atoms with Crippen LogP contribution in [0.3, 0.4) is 0 Å². The molecule has 0 aliphatic carbocycles. The molecule has 6 heteroatoms. The number of hydrogen-bond donors (Lipinski definition) is 1. The van der Waals surface area contributed by atoms with E-state index in [0.29, 0.717) is 10.7 Å². The number of rotatable bonds is 4. The normalized spacial score (nSPS) is 14.5. The fraction of sp³-hybridized carbons (Fsp3) is 0.304. The molecule has 0 saturated carbocycles. The Kier molecular flexibility index (Phi) is 6.46. The van der Waals surface area contributed by atoms with Crippen molar-refractivity contribution in [2.45, 2.75) is 20.8 Å². The van der Waals surface area contributed by atoms with Crippen LogP contribution in [0.4, 0.5) is 11.4 Å². The van der Waals surface area contributed by atoms with Gasteiger partial charge >= 0.3 is 0 Å². The molecule has 1 saturated heterocycles. The van der Waals surface area contributed by atoms with Crippen LogP contribution in [0, 0.1) is 32.1 Å². The summed E-state index contributed by atoms with van der Waals surface area (Å²) in [6.45, 7) is 9.29. The third-order valence-electron chi connectivity index (χ3n) is 5.42. The second-order valence-electron chi connectivity index (χ2n) is 7.26. The Hall–Kier alpha value is -2.97. The maximum Gasteiger partial charge on any atom is 0.267 e. The summed E-state index contributed by atoms with van der Waals surface area (Å²) in [5.74, 6) is -0.421. The van der Waals surface area contributed by atoms with Crippen LogP contribution in [-0.2, 0) is 4.79 Å². The Balaban J connectivity index is 1.66. The molecule has 150 valence electrons. The molecular formula is C23H25ClN4O. The highest BCUT2D eigenvalue weighted by molar-refractivity contribution is 6.31. The number of benzene rings is 2. The van der Waals surface area contributed by atoms with Gasteiger partial charge in [-0.1, -0.05) is 29.8 Å². The van der Waals surface area contributed by atoms with Crippen LogP contribution < -0.4 is 10.2 Å². The van der Waals surface area contributed by atoms with Crippen LogP contribution in [0.15, 0.2) is 48.2 Å². The third kappa shape index (κ3) is 4.72. The molecule has 29 heavy (non-hydrogen) atoms. The first kappa shape index (κ1) is 20.8. The number of anilines is 2. The number of halogens is 1. The number of nitrogens with one attached hydrogen (secondary N) is 1. The maximum atomic E-state index is 12.6. The van der Waals surface area contributed by atoms with Gasteiger partial charge < -0.3 is 15.1 Å². The van der Waals surface area contributed by atoms with Crippen molar-refractivity contribution in [3.8, 4) is 6.07 Å². The van der Waals surface area contributed by atoms with E-state index >= 15 is 0 Å². The smallest absolute Gasteiger partial charge is 0.267 e. The number of aryl methyl sites for hydroxylation is 1. The van der Waals surface area contributed by atoms with Crippen LogP contribution in [0.5, 0.6) is 0 Å². The van der Waals surface area contributed by atoms with E-state index < -0.39 is 5.91 Å². The Morgan fingerprint density at radius 2 is 1.76 bits per heavy atom. The molecule has 2 aromatic carbocycles. The first-order valence-corrected chi connectivity index (χ1v) is 10.0. The van der Waals surface area contributed by atoms with Crippen molar-refractivity contribution in [2.75, 3.05) is 36.4 Å². The lowest BCUT2D eigenvalue weighted by molar-refractivity contribution is -0.112. The quantitative estimate of drug-likeness (QED) is 0.600. The van der Waals surface area contributed by atoms with Crippen molar-refractivity contribution in [1.82, 2.24) is 4.90 Å². The van der Waals surface area contributed by atoms with Gasteiger partial charge in [0.25, 0.3) is 5.91 Å². The van der Waals surface area contributed by atoms with Crippen LogP contribution in [0.2, 0.25) is 5.02 Å². The van der Waals surface area contributed by atoms with Crippen LogP contribution in [0.1, 0.15) is 16.7 Å². The zero-order valence-electron chi connectivity index (χ0n) is 17.0. The topological polar surface area (TPSA) is 59.4 Å². The summed E-state index contributed by atoms with van der Waals surface area (Å²) in [4.78, 5) is 17.0. The van der Waals surface area contributed by atoms with Gasteiger partial charge in [0.15, 0.2) is 0 Å². The van der Waals surface area contributed by atoms with Gasteiger partial charge in [-0.15, -0.1) is 0 Å². The summed E-state index contributed by atoms with van der Waals surface area (Å²) in [6.07, 6.45) is 1.66. The van der Waals surface area contributed by atoms with E-state index in [9.17, 15) is 10.1 Å². The number of carbonyl (C=O) groups excluding carboxylic acids is 1. The van der Waals surface area contributed by atoms with Crippen molar-refractivity contribution in [3.63, 3.8) is 0 Å². The van der Waals surface area contributed by atoms with Crippen molar-refractivity contribution in [2.24, 2.45) is 0 Å². The van der Waals surface area contributed by atoms with Crippen LogP contribution >= 0.6 is 11.6 Å². The molecule has 1 N–H and O–H groups in total. The fourth-order valence-electron chi connectivity index (χ4n) is 3.42. The Bertz CT molecular complexity index is 985. The molecule has 0 radical (unpaired) electrons. The zero-order valence-corrected chi connectivity index (χ0v) is 17.8. The highest BCUT2D eigenvalue weighted by Crippen LogP contribution is 2.25. The standard InChI is InChI=1S/C23H25ClN4O/c1-16-6-4-9-22(17(16)2)28-12-10-27(11-13-28)15-19(14-25)23(29)26-21-8-5-7-20(24)18(21)3/h4-9,15H,10-13H2,1-3H3,(H,26,29)/b19-15-. The average Bonchev–Trinajstić information content (AvgIpc) is 2.72. The molecule has 1 heterocycles. The number of amides is 1. The second kappa shape index (κ2) is 9.02. The van der Waals surface area contributed by atoms with Gasteiger partial charge in [-0.3, -0.25) is 4.79 Å². The van der Waals surface area contributed by atoms with Crippen molar-refractivity contribution >= 4 is 28.9 Å². The van der Waals surface area contributed by atoms with Crippen molar-refractivity contribution < 1.29 is 4.79 Å². The predicted molar refractivity (Wildman–Crippen MR) is 118 cm³/mol. The molecule has 2 aromatic rings. The maximum absolute atomic E-state index is 12.6. The second-order valence-corrected chi connectivity index (χ2v) is 7.67. The van der Waals surface area contributed by atoms with Gasteiger partial charge in [0.05, 0.1) is 0 Å². The summed E-state index contributed by atoms with van der Waals surface area (Å²) in [5.41, 5.74) is 5.31. The number of hydrogen-bond acceptors (Lipinski definition) is 4. The number of nitriles is 1. The van der Waals surface area contributed by atoms with E-state index in [2.05, 4.69) is 42.3 Å². The van der Waals surface area contributed by atoms with Crippen LogP contribution in [0.25, 0.3) is 0 Å². The third-order valence-corrected chi connectivity index (χ3v) is 5.83. The predicted octanol–water partition coefficient (Wildman–Crippen LogP) is 4.43.